The fraction of sp³-hybridized carbons (Fsp3) is 0.0500. The molecule has 0 aliphatic heterocycles. The van der Waals surface area contributed by atoms with Crippen LogP contribution in [-0.2, 0) is 0 Å². The van der Waals surface area contributed by atoms with Crippen molar-refractivity contribution in [1.82, 2.24) is 0 Å². The van der Waals surface area contributed by atoms with Gasteiger partial charge in [-0.05, 0) is 37.1 Å². The van der Waals surface area contributed by atoms with Crippen LogP contribution in [-0.4, -0.2) is 12.6 Å². The van der Waals surface area contributed by atoms with Crippen molar-refractivity contribution in [2.75, 3.05) is 7.11 Å². The Morgan fingerprint density at radius 2 is 1.60 bits per heavy atom. The number of hydrogen-bond donors (Lipinski definition) is 0. The van der Waals surface area contributed by atoms with Crippen molar-refractivity contribution < 1.29 is 28.4 Å². The largest absolute Gasteiger partial charge is 1.00 e. The van der Waals surface area contributed by atoms with Crippen molar-refractivity contribution in [3.63, 3.8) is 0 Å². The van der Waals surface area contributed by atoms with E-state index in [9.17, 15) is 4.79 Å². The first-order chi connectivity index (χ1) is 11.7. The maximum absolute atomic E-state index is 12.8. The van der Waals surface area contributed by atoms with Crippen LogP contribution in [0.15, 0.2) is 72.8 Å². The molecule has 0 aliphatic rings. The van der Waals surface area contributed by atoms with Gasteiger partial charge in [0.05, 0.1) is 17.7 Å². The van der Waals surface area contributed by atoms with Crippen LogP contribution in [0.25, 0.3) is 11.1 Å². The number of carbonyl (C=O) groups is 1. The van der Waals surface area contributed by atoms with Crippen LogP contribution in [0.1, 0.15) is 10.4 Å². The van der Waals surface area contributed by atoms with Crippen molar-refractivity contribution in [3.8, 4) is 16.9 Å². The molecule has 0 heterocycles. The van der Waals surface area contributed by atoms with Crippen LogP contribution in [0.4, 0.5) is 0 Å². The normalized spacial score (nSPS) is 10.5. The minimum absolute atomic E-state index is 0. The summed E-state index contributed by atoms with van der Waals surface area (Å²) in [5.41, 5.74) is 2.58. The number of carbonyl (C=O) groups excluding carboxylic acids is 1. The monoisotopic (exact) mass is 361 g/mol. The minimum atomic E-state index is -0.0275. The molecule has 0 saturated carbocycles. The minimum Gasteiger partial charge on any atom is -0.496 e. The zero-order chi connectivity index (χ0) is 16.9. The molecule has 3 aromatic rings. The van der Waals surface area contributed by atoms with E-state index in [2.05, 4.69) is 0 Å². The fourth-order valence-corrected chi connectivity index (χ4v) is 4.04. The summed E-state index contributed by atoms with van der Waals surface area (Å²) in [5, 5.41) is 1.42. The molecule has 120 valence electrons. The molecule has 0 amide bonds. The predicted octanol–water partition coefficient (Wildman–Crippen LogP) is 2.16. The molecule has 0 bridgehead atoms. The van der Waals surface area contributed by atoms with Gasteiger partial charge in [0.25, 0.3) is 0 Å². The van der Waals surface area contributed by atoms with Crippen LogP contribution in [0.2, 0.25) is 5.02 Å². The molecule has 0 N–H and O–H groups in total. The van der Waals surface area contributed by atoms with Crippen molar-refractivity contribution in [2.24, 2.45) is 0 Å². The van der Waals surface area contributed by atoms with Crippen LogP contribution in [0, 0.1) is 0 Å². The van der Waals surface area contributed by atoms with Crippen LogP contribution in [0.3, 0.4) is 0 Å². The second-order valence-electron chi connectivity index (χ2n) is 5.18. The third kappa shape index (κ3) is 4.54. The number of methoxy groups -OCH3 is 1. The Balaban J connectivity index is 0.00000225. The summed E-state index contributed by atoms with van der Waals surface area (Å²) in [7, 11) is 1.52. The predicted molar refractivity (Wildman–Crippen MR) is 102 cm³/mol. The molecule has 0 saturated heterocycles. The Morgan fingerprint density at radius 1 is 0.920 bits per heavy atom. The first-order valence-electron chi connectivity index (χ1n) is 7.49. The molecule has 1 atom stereocenters. The Kier molecular flexibility index (Phi) is 7.30. The van der Waals surface area contributed by atoms with Gasteiger partial charge in [0.15, 0.2) is 5.52 Å². The van der Waals surface area contributed by atoms with Crippen molar-refractivity contribution >= 4 is 31.0 Å². The summed E-state index contributed by atoms with van der Waals surface area (Å²) in [5.74, 6) is 0.511. The number of ether oxygens (including phenoxy) is 1. The molecule has 25 heavy (non-hydrogen) atoms. The van der Waals surface area contributed by atoms with Crippen LogP contribution in [0.5, 0.6) is 5.75 Å². The Hall–Kier alpha value is -1.55. The summed E-state index contributed by atoms with van der Waals surface area (Å²) in [6, 6.07) is 23.3. The van der Waals surface area contributed by atoms with E-state index >= 15 is 0 Å². The first kappa shape index (κ1) is 19.8. The van der Waals surface area contributed by atoms with Crippen molar-refractivity contribution in [2.45, 2.75) is 0 Å². The molecule has 3 aromatic carbocycles. The van der Waals surface area contributed by atoms with E-state index in [0.29, 0.717) is 16.3 Å². The molecule has 1 unspecified atom stereocenters. The van der Waals surface area contributed by atoms with Gasteiger partial charge in [-0.1, -0.05) is 72.3 Å². The number of benzene rings is 3. The van der Waals surface area contributed by atoms with Gasteiger partial charge in [0.1, 0.15) is 5.75 Å². The molecular weight excluding hydrogens is 346 g/mol. The molecule has 3 rings (SSSR count). The zero-order valence-electron chi connectivity index (χ0n) is 14.1. The van der Waals surface area contributed by atoms with Gasteiger partial charge in [-0.2, -0.15) is 0 Å². The molecule has 0 radical (unpaired) electrons. The zero-order valence-corrected chi connectivity index (χ0v) is 15.9. The molecule has 0 spiro atoms. The summed E-state index contributed by atoms with van der Waals surface area (Å²) in [6.07, 6.45) is 0. The van der Waals surface area contributed by atoms with E-state index in [-0.39, 0.29) is 33.0 Å². The number of rotatable bonds is 5. The van der Waals surface area contributed by atoms with Crippen molar-refractivity contribution in [3.05, 3.63) is 83.4 Å². The first-order valence-corrected chi connectivity index (χ1v) is 8.87. The Labute approximate surface area is 166 Å². The van der Waals surface area contributed by atoms with Gasteiger partial charge in [-0.25, -0.2) is 0 Å². The average molecular weight is 362 g/mol. The summed E-state index contributed by atoms with van der Waals surface area (Å²) in [6.45, 7) is 0. The van der Waals surface area contributed by atoms with Gasteiger partial charge >= 0.3 is 18.9 Å². The maximum Gasteiger partial charge on any atom is 1.00 e. The molecule has 0 fully saturated rings. The van der Waals surface area contributed by atoms with Gasteiger partial charge in [-0.3, -0.25) is 4.79 Å². The van der Waals surface area contributed by atoms with Gasteiger partial charge in [0, 0.05) is 0 Å². The second kappa shape index (κ2) is 9.23. The van der Waals surface area contributed by atoms with Gasteiger partial charge in [0.2, 0.25) is 0 Å². The Bertz CT molecular complexity index is 869. The molecular formula is C20H16ClLiO2P+. The third-order valence-electron chi connectivity index (χ3n) is 3.68. The van der Waals surface area contributed by atoms with Crippen molar-refractivity contribution in [1.29, 1.82) is 0 Å². The molecule has 0 aliphatic carbocycles. The fourth-order valence-electron chi connectivity index (χ4n) is 2.54. The van der Waals surface area contributed by atoms with Crippen LogP contribution >= 0.6 is 20.2 Å². The van der Waals surface area contributed by atoms with E-state index in [1.165, 1.54) is 0 Å². The number of halogens is 1. The van der Waals surface area contributed by atoms with Gasteiger partial charge < -0.3 is 4.74 Å². The summed E-state index contributed by atoms with van der Waals surface area (Å²) in [4.78, 5) is 12.8. The Morgan fingerprint density at radius 3 is 2.32 bits per heavy atom. The third-order valence-corrected chi connectivity index (χ3v) is 5.18. The SMILES string of the molecule is COc1cccc(Cl)c1C(=O)Pc1ccccc1-c1ccccc1.[Li+]. The molecule has 0 aromatic heterocycles. The second-order valence-corrected chi connectivity index (χ2v) is 6.83. The smallest absolute Gasteiger partial charge is 0.496 e. The topological polar surface area (TPSA) is 26.3 Å². The quantitative estimate of drug-likeness (QED) is 0.514. The summed E-state index contributed by atoms with van der Waals surface area (Å²) < 4.78 is 5.30. The number of hydrogen-bond acceptors (Lipinski definition) is 2. The standard InChI is InChI=1S/C20H16ClO2P.Li/c1-23-17-12-7-11-16(21)19(17)20(22)24-18-13-6-5-10-15(18)14-8-3-2-4-9-14;/h2-13,24H,1H3;/q;+1. The van der Waals surface area contributed by atoms with E-state index < -0.39 is 0 Å². The van der Waals surface area contributed by atoms with E-state index in [1.807, 2.05) is 54.6 Å². The van der Waals surface area contributed by atoms with Gasteiger partial charge in [-0.15, -0.1) is 0 Å². The maximum atomic E-state index is 12.8. The van der Waals surface area contributed by atoms with E-state index in [1.54, 1.807) is 25.3 Å². The molecule has 2 nitrogen and oxygen atoms in total. The summed E-state index contributed by atoms with van der Waals surface area (Å²) >= 11 is 6.23. The van der Waals surface area contributed by atoms with Crippen LogP contribution < -0.4 is 28.9 Å². The molecule has 5 heteroatoms. The average Bonchev–Trinajstić information content (AvgIpc) is 2.62. The van der Waals surface area contributed by atoms with E-state index in [4.69, 9.17) is 16.3 Å². The van der Waals surface area contributed by atoms with E-state index in [0.717, 1.165) is 16.4 Å².